The maximum absolute atomic E-state index is 14.1. The molecule has 0 spiro atoms. The molecule has 0 saturated heterocycles. The molecule has 1 N–H and O–H groups in total. The predicted octanol–water partition coefficient (Wildman–Crippen LogP) is 3.01. The highest BCUT2D eigenvalue weighted by Gasteiger charge is 2.20. The number of carbonyl (C=O) groups excluding carboxylic acids is 2. The Morgan fingerprint density at radius 1 is 1.32 bits per heavy atom. The van der Waals surface area contributed by atoms with Crippen LogP contribution in [0.4, 0.5) is 9.18 Å². The topological polar surface area (TPSA) is 82.5 Å². The lowest BCUT2D eigenvalue weighted by molar-refractivity contribution is 0.0520. The first kappa shape index (κ1) is 18.7. The van der Waals surface area contributed by atoms with E-state index in [0.29, 0.717) is 23.4 Å². The van der Waals surface area contributed by atoms with Gasteiger partial charge in [0, 0.05) is 12.6 Å². The molecule has 7 nitrogen and oxygen atoms in total. The van der Waals surface area contributed by atoms with Gasteiger partial charge in [-0.25, -0.2) is 19.0 Å². The third-order valence-electron chi connectivity index (χ3n) is 3.43. The molecule has 0 radical (unpaired) electrons. The van der Waals surface area contributed by atoms with Gasteiger partial charge in [-0.05, 0) is 33.8 Å². The summed E-state index contributed by atoms with van der Waals surface area (Å²) >= 11 is 0. The molecular weight excluding hydrogens is 329 g/mol. The molecule has 0 bridgehead atoms. The molecule has 0 saturated carbocycles. The maximum atomic E-state index is 14.1. The quantitative estimate of drug-likeness (QED) is 0.856. The highest BCUT2D eigenvalue weighted by atomic mass is 19.1. The first-order valence-electron chi connectivity index (χ1n) is 7.90. The Hall–Kier alpha value is -2.64. The van der Waals surface area contributed by atoms with E-state index in [1.54, 1.807) is 25.3 Å². The standard InChI is InChI=1S/C17H22FN3O4/c1-6-21-13-7-10(15(22)24-5)11(18)8-12(13)20-14(21)9-19-16(23)25-17(2,3)4/h7-8H,6,9H2,1-5H3,(H,19,23). The normalized spacial score (nSPS) is 11.4. The molecule has 2 rings (SSSR count). The first-order chi connectivity index (χ1) is 11.7. The number of methoxy groups -OCH3 is 1. The number of halogens is 1. The minimum atomic E-state index is -0.753. The number of aryl methyl sites for hydroxylation is 1. The summed E-state index contributed by atoms with van der Waals surface area (Å²) in [4.78, 5) is 27.8. The van der Waals surface area contributed by atoms with Gasteiger partial charge in [-0.1, -0.05) is 0 Å². The summed E-state index contributed by atoms with van der Waals surface area (Å²) in [6.45, 7) is 7.85. The zero-order chi connectivity index (χ0) is 18.8. The Labute approximate surface area is 145 Å². The molecule has 2 aromatic rings. The summed E-state index contributed by atoms with van der Waals surface area (Å²) in [5.41, 5.74) is 0.225. The zero-order valence-electron chi connectivity index (χ0n) is 15.0. The first-order valence-corrected chi connectivity index (χ1v) is 7.90. The van der Waals surface area contributed by atoms with E-state index >= 15 is 0 Å². The van der Waals surface area contributed by atoms with Crippen molar-refractivity contribution in [1.29, 1.82) is 0 Å². The molecule has 0 unspecified atom stereocenters. The minimum Gasteiger partial charge on any atom is -0.465 e. The van der Waals surface area contributed by atoms with Crippen molar-refractivity contribution in [3.8, 4) is 0 Å². The second-order valence-corrected chi connectivity index (χ2v) is 6.44. The van der Waals surface area contributed by atoms with Gasteiger partial charge >= 0.3 is 12.1 Å². The number of benzene rings is 1. The molecule has 1 aromatic heterocycles. The number of hydrogen-bond donors (Lipinski definition) is 1. The van der Waals surface area contributed by atoms with E-state index in [2.05, 4.69) is 15.0 Å². The smallest absolute Gasteiger partial charge is 0.408 e. The van der Waals surface area contributed by atoms with Crippen LogP contribution in [0, 0.1) is 5.82 Å². The van der Waals surface area contributed by atoms with E-state index in [1.165, 1.54) is 19.2 Å². The summed E-state index contributed by atoms with van der Waals surface area (Å²) in [6, 6.07) is 2.59. The minimum absolute atomic E-state index is 0.118. The molecule has 0 aliphatic carbocycles. The monoisotopic (exact) mass is 351 g/mol. The van der Waals surface area contributed by atoms with Gasteiger partial charge < -0.3 is 19.4 Å². The van der Waals surface area contributed by atoms with Crippen molar-refractivity contribution < 1.29 is 23.5 Å². The number of aromatic nitrogens is 2. The van der Waals surface area contributed by atoms with Crippen molar-refractivity contribution in [3.63, 3.8) is 0 Å². The van der Waals surface area contributed by atoms with E-state index in [1.807, 2.05) is 6.92 Å². The Balaban J connectivity index is 2.32. The average Bonchev–Trinajstić information content (AvgIpc) is 2.86. The van der Waals surface area contributed by atoms with Gasteiger partial charge in [0.05, 0.1) is 30.3 Å². The molecule has 0 aliphatic rings. The number of esters is 1. The summed E-state index contributed by atoms with van der Waals surface area (Å²) in [7, 11) is 1.19. The average molecular weight is 351 g/mol. The van der Waals surface area contributed by atoms with Gasteiger partial charge in [0.15, 0.2) is 0 Å². The molecule has 0 fully saturated rings. The molecular formula is C17H22FN3O4. The lowest BCUT2D eigenvalue weighted by Crippen LogP contribution is -2.32. The van der Waals surface area contributed by atoms with Crippen molar-refractivity contribution in [2.24, 2.45) is 0 Å². The number of imidazole rings is 1. The van der Waals surface area contributed by atoms with Crippen LogP contribution in [0.2, 0.25) is 0 Å². The summed E-state index contributed by atoms with van der Waals surface area (Å²) < 4.78 is 25.6. The largest absolute Gasteiger partial charge is 0.465 e. The second-order valence-electron chi connectivity index (χ2n) is 6.44. The third kappa shape index (κ3) is 4.26. The van der Waals surface area contributed by atoms with Gasteiger partial charge in [0.2, 0.25) is 0 Å². The van der Waals surface area contributed by atoms with Crippen molar-refractivity contribution in [3.05, 3.63) is 29.3 Å². The number of rotatable bonds is 4. The fourth-order valence-corrected chi connectivity index (χ4v) is 2.42. The van der Waals surface area contributed by atoms with Crippen LogP contribution in [0.25, 0.3) is 11.0 Å². The van der Waals surface area contributed by atoms with Crippen LogP contribution in [0.3, 0.4) is 0 Å². The number of fused-ring (bicyclic) bond motifs is 1. The van der Waals surface area contributed by atoms with E-state index < -0.39 is 23.5 Å². The zero-order valence-corrected chi connectivity index (χ0v) is 15.0. The number of hydrogen-bond acceptors (Lipinski definition) is 5. The highest BCUT2D eigenvalue weighted by Crippen LogP contribution is 2.21. The molecule has 8 heteroatoms. The van der Waals surface area contributed by atoms with E-state index in [-0.39, 0.29) is 12.1 Å². The van der Waals surface area contributed by atoms with Crippen molar-refractivity contribution >= 4 is 23.1 Å². The van der Waals surface area contributed by atoms with Crippen LogP contribution in [-0.4, -0.2) is 34.3 Å². The van der Waals surface area contributed by atoms with Gasteiger partial charge in [0.1, 0.15) is 17.2 Å². The van der Waals surface area contributed by atoms with Crippen molar-refractivity contribution in [2.45, 2.75) is 46.4 Å². The molecule has 1 aromatic carbocycles. The molecule has 25 heavy (non-hydrogen) atoms. The number of nitrogens with one attached hydrogen (secondary N) is 1. The molecule has 1 amide bonds. The third-order valence-corrected chi connectivity index (χ3v) is 3.43. The van der Waals surface area contributed by atoms with Crippen LogP contribution in [0.5, 0.6) is 0 Å². The van der Waals surface area contributed by atoms with Gasteiger partial charge in [0.25, 0.3) is 0 Å². The predicted molar refractivity (Wildman–Crippen MR) is 89.8 cm³/mol. The van der Waals surface area contributed by atoms with Gasteiger partial charge in [-0.3, -0.25) is 0 Å². The lowest BCUT2D eigenvalue weighted by Gasteiger charge is -2.19. The number of ether oxygens (including phenoxy) is 2. The molecule has 0 atom stereocenters. The van der Waals surface area contributed by atoms with Crippen LogP contribution in [0.1, 0.15) is 43.9 Å². The Bertz CT molecular complexity index is 808. The van der Waals surface area contributed by atoms with Crippen LogP contribution in [-0.2, 0) is 22.6 Å². The van der Waals surface area contributed by atoms with E-state index in [4.69, 9.17) is 4.74 Å². The Kier molecular flexibility index (Phi) is 5.30. The van der Waals surface area contributed by atoms with Gasteiger partial charge in [-0.2, -0.15) is 0 Å². The number of nitrogens with zero attached hydrogens (tertiary/aromatic N) is 2. The van der Waals surface area contributed by atoms with E-state index in [0.717, 1.165) is 0 Å². The fourth-order valence-electron chi connectivity index (χ4n) is 2.42. The van der Waals surface area contributed by atoms with Crippen LogP contribution in [0.15, 0.2) is 12.1 Å². The molecule has 1 heterocycles. The van der Waals surface area contributed by atoms with Crippen molar-refractivity contribution in [2.75, 3.05) is 7.11 Å². The molecule has 0 aliphatic heterocycles. The van der Waals surface area contributed by atoms with Crippen LogP contribution >= 0.6 is 0 Å². The SMILES string of the molecule is CCn1c(CNC(=O)OC(C)(C)C)nc2cc(F)c(C(=O)OC)cc21. The second kappa shape index (κ2) is 7.08. The van der Waals surface area contributed by atoms with E-state index in [9.17, 15) is 14.0 Å². The van der Waals surface area contributed by atoms with Crippen LogP contribution < -0.4 is 5.32 Å². The summed E-state index contributed by atoms with van der Waals surface area (Å²) in [5.74, 6) is -0.923. The van der Waals surface area contributed by atoms with Gasteiger partial charge in [-0.15, -0.1) is 0 Å². The lowest BCUT2D eigenvalue weighted by atomic mass is 10.2. The Morgan fingerprint density at radius 3 is 2.56 bits per heavy atom. The number of carbonyl (C=O) groups is 2. The highest BCUT2D eigenvalue weighted by molar-refractivity contribution is 5.94. The van der Waals surface area contributed by atoms with Crippen molar-refractivity contribution in [1.82, 2.24) is 14.9 Å². The molecule has 136 valence electrons. The summed E-state index contributed by atoms with van der Waals surface area (Å²) in [6.07, 6.45) is -0.566. The summed E-state index contributed by atoms with van der Waals surface area (Å²) in [5, 5.41) is 2.62. The Morgan fingerprint density at radius 2 is 2.00 bits per heavy atom. The maximum Gasteiger partial charge on any atom is 0.408 e. The number of alkyl carbamates (subject to hydrolysis) is 1. The fraction of sp³-hybridized carbons (Fsp3) is 0.471. The number of amides is 1.